The number of hydrogen-bond donors (Lipinski definition) is 0. The van der Waals surface area contributed by atoms with E-state index in [2.05, 4.69) is 100 Å². The zero-order chi connectivity index (χ0) is 48.1. The second kappa shape index (κ2) is 23.9. The highest BCUT2D eigenvalue weighted by atomic mass is 16.5. The second-order valence-electron chi connectivity index (χ2n) is 18.8. The number of unbranched alkanes of at least 4 members (excludes halogenated alkanes) is 12. The smallest absolute Gasteiger partial charge is 0.139 e. The van der Waals surface area contributed by atoms with Crippen molar-refractivity contribution in [2.75, 3.05) is 26.4 Å². The van der Waals surface area contributed by atoms with E-state index in [-0.39, 0.29) is 0 Å². The molecule has 0 N–H and O–H groups in total. The Balaban J connectivity index is 1.03. The molecule has 4 heterocycles. The Bertz CT molecular complexity index is 2880. The number of hydrogen-bond acceptors (Lipinski definition) is 8. The summed E-state index contributed by atoms with van der Waals surface area (Å²) in [5, 5.41) is 3.85. The maximum Gasteiger partial charge on any atom is 0.139 e. The second-order valence-corrected chi connectivity index (χ2v) is 18.8. The van der Waals surface area contributed by atoms with Gasteiger partial charge in [-0.25, -0.2) is 0 Å². The molecule has 0 amide bonds. The maximum atomic E-state index is 6.77. The molecular formula is C62H70O8. The van der Waals surface area contributed by atoms with Crippen LogP contribution in [0.2, 0.25) is 0 Å². The number of ether oxygens (including phenoxy) is 4. The van der Waals surface area contributed by atoms with Crippen LogP contribution < -0.4 is 18.9 Å². The Labute approximate surface area is 413 Å². The van der Waals surface area contributed by atoms with E-state index in [0.717, 1.165) is 151 Å². The molecule has 8 nitrogen and oxygen atoms in total. The first kappa shape index (κ1) is 48.5. The van der Waals surface area contributed by atoms with E-state index in [1.165, 1.54) is 64.2 Å². The van der Waals surface area contributed by atoms with Crippen molar-refractivity contribution in [2.24, 2.45) is 0 Å². The molecule has 4 aromatic heterocycles. The Hall–Kier alpha value is -6.54. The summed E-state index contributed by atoms with van der Waals surface area (Å²) < 4.78 is 52.0. The lowest BCUT2D eigenvalue weighted by Gasteiger charge is -2.10. The highest BCUT2D eigenvalue weighted by Gasteiger charge is 2.22. The van der Waals surface area contributed by atoms with Crippen LogP contribution >= 0.6 is 0 Å². The van der Waals surface area contributed by atoms with Gasteiger partial charge in [0.1, 0.15) is 68.4 Å². The predicted molar refractivity (Wildman–Crippen MR) is 286 cm³/mol. The van der Waals surface area contributed by atoms with E-state index >= 15 is 0 Å². The quantitative estimate of drug-likeness (QED) is 0.0449. The van der Waals surface area contributed by atoms with Crippen LogP contribution in [-0.2, 0) is 0 Å². The zero-order valence-corrected chi connectivity index (χ0v) is 41.8. The highest BCUT2D eigenvalue weighted by molar-refractivity contribution is 5.96. The van der Waals surface area contributed by atoms with E-state index in [0.29, 0.717) is 26.4 Å². The minimum absolute atomic E-state index is 0.618. The molecule has 0 unspecified atom stereocenters. The van der Waals surface area contributed by atoms with Gasteiger partial charge >= 0.3 is 0 Å². The fourth-order valence-corrected chi connectivity index (χ4v) is 9.28. The summed E-state index contributed by atoms with van der Waals surface area (Å²) in [7, 11) is 0. The lowest BCUT2D eigenvalue weighted by Crippen LogP contribution is -1.98. The molecule has 9 aromatic rings. The minimum atomic E-state index is 0.618. The Kier molecular flexibility index (Phi) is 16.5. The normalized spacial score (nSPS) is 11.7. The summed E-state index contributed by atoms with van der Waals surface area (Å²) in [4.78, 5) is 0. The van der Waals surface area contributed by atoms with Gasteiger partial charge in [-0.2, -0.15) is 0 Å². The minimum Gasteiger partial charge on any atom is -0.494 e. The molecule has 70 heavy (non-hydrogen) atoms. The van der Waals surface area contributed by atoms with Gasteiger partial charge in [-0.1, -0.05) is 129 Å². The van der Waals surface area contributed by atoms with E-state index in [1.807, 2.05) is 36.4 Å². The molecule has 0 bridgehead atoms. The van der Waals surface area contributed by atoms with Crippen molar-refractivity contribution in [3.63, 3.8) is 0 Å². The number of fused-ring (bicyclic) bond motifs is 4. The lowest BCUT2D eigenvalue weighted by molar-refractivity contribution is 0.305. The van der Waals surface area contributed by atoms with Crippen LogP contribution in [0.15, 0.2) is 127 Å². The fraction of sp³-hybridized carbons (Fsp3) is 0.387. The molecule has 8 heteroatoms. The van der Waals surface area contributed by atoms with Crippen molar-refractivity contribution < 1.29 is 36.6 Å². The SMILES string of the molecule is CCCCCCOc1ccc2oc(-c3cc4oc(-c5ccccc5-c5cc6cc(OCCCCCC)c(-c7cc8cc(OCCCCCC)ccc8o7)cc6o5)cc4cc3OCCCCCC)cc2c1. The van der Waals surface area contributed by atoms with Crippen LogP contribution in [0.25, 0.3) is 89.2 Å². The lowest BCUT2D eigenvalue weighted by atomic mass is 10.0. The molecular weight excluding hydrogens is 873 g/mol. The third-order valence-corrected chi connectivity index (χ3v) is 13.2. The predicted octanol–water partition coefficient (Wildman–Crippen LogP) is 19.2. The van der Waals surface area contributed by atoms with Crippen molar-refractivity contribution in [2.45, 2.75) is 130 Å². The van der Waals surface area contributed by atoms with E-state index in [4.69, 9.17) is 36.6 Å². The Morgan fingerprint density at radius 3 is 1.03 bits per heavy atom. The topological polar surface area (TPSA) is 89.5 Å². The summed E-state index contributed by atoms with van der Waals surface area (Å²) in [5.41, 5.74) is 6.60. The molecule has 366 valence electrons. The molecule has 0 radical (unpaired) electrons. The van der Waals surface area contributed by atoms with Crippen molar-refractivity contribution >= 4 is 43.9 Å². The molecule has 0 saturated heterocycles. The molecule has 5 aromatic carbocycles. The maximum absolute atomic E-state index is 6.77. The summed E-state index contributed by atoms with van der Waals surface area (Å²) in [6.07, 6.45) is 18.2. The highest BCUT2D eigenvalue weighted by Crippen LogP contribution is 2.44. The molecule has 0 aliphatic rings. The largest absolute Gasteiger partial charge is 0.494 e. The first-order valence-corrected chi connectivity index (χ1v) is 26.4. The molecule has 0 saturated carbocycles. The molecule has 0 aliphatic carbocycles. The first-order valence-electron chi connectivity index (χ1n) is 26.4. The third kappa shape index (κ3) is 11.7. The van der Waals surface area contributed by atoms with E-state index < -0.39 is 0 Å². The van der Waals surface area contributed by atoms with Crippen LogP contribution in [0.4, 0.5) is 0 Å². The van der Waals surface area contributed by atoms with Crippen LogP contribution in [0.5, 0.6) is 23.0 Å². The average Bonchev–Trinajstić information content (AvgIpc) is 4.20. The van der Waals surface area contributed by atoms with Gasteiger partial charge < -0.3 is 36.6 Å². The van der Waals surface area contributed by atoms with Crippen molar-refractivity contribution in [3.8, 4) is 68.3 Å². The molecule has 0 aliphatic heterocycles. The van der Waals surface area contributed by atoms with E-state index in [9.17, 15) is 0 Å². The fourth-order valence-electron chi connectivity index (χ4n) is 9.28. The van der Waals surface area contributed by atoms with Crippen LogP contribution in [0, 0.1) is 0 Å². The van der Waals surface area contributed by atoms with Crippen LogP contribution in [-0.4, -0.2) is 26.4 Å². The standard InChI is InChI=1S/C62H70O8/c1-5-9-13-19-29-63-47-25-27-53-43(33-47)37-61(67-53)51-41-55-45(35-57(51)65-31-21-15-11-7-3)39-59(69-55)49-23-17-18-24-50(49)60-40-46-36-58(66-32-22-16-12-8-4)52(42-56(46)70-60)62-38-44-34-48(26-28-54(44)68-62)64-30-20-14-10-6-2/h17-18,23-28,33-42H,5-16,19-22,29-32H2,1-4H3. The summed E-state index contributed by atoms with van der Waals surface area (Å²) >= 11 is 0. The number of benzene rings is 5. The van der Waals surface area contributed by atoms with E-state index in [1.54, 1.807) is 0 Å². The summed E-state index contributed by atoms with van der Waals surface area (Å²) in [5.74, 6) is 6.14. The summed E-state index contributed by atoms with van der Waals surface area (Å²) in [6, 6.07) is 37.0. The van der Waals surface area contributed by atoms with Crippen molar-refractivity contribution in [1.82, 2.24) is 0 Å². The molecule has 0 fully saturated rings. The summed E-state index contributed by atoms with van der Waals surface area (Å²) in [6.45, 7) is 11.6. The monoisotopic (exact) mass is 943 g/mol. The van der Waals surface area contributed by atoms with Crippen molar-refractivity contribution in [3.05, 3.63) is 109 Å². The molecule has 0 spiro atoms. The van der Waals surface area contributed by atoms with Gasteiger partial charge in [-0.15, -0.1) is 0 Å². The van der Waals surface area contributed by atoms with Gasteiger partial charge in [0, 0.05) is 32.7 Å². The van der Waals surface area contributed by atoms with Gasteiger partial charge in [-0.3, -0.25) is 0 Å². The number of rotatable bonds is 28. The van der Waals surface area contributed by atoms with Crippen LogP contribution in [0.1, 0.15) is 130 Å². The van der Waals surface area contributed by atoms with Crippen LogP contribution in [0.3, 0.4) is 0 Å². The molecule has 9 rings (SSSR count). The Morgan fingerprint density at radius 1 is 0.300 bits per heavy atom. The van der Waals surface area contributed by atoms with Gasteiger partial charge in [0.25, 0.3) is 0 Å². The average molecular weight is 943 g/mol. The van der Waals surface area contributed by atoms with Crippen molar-refractivity contribution in [1.29, 1.82) is 0 Å². The Morgan fingerprint density at radius 2 is 0.643 bits per heavy atom. The number of furan rings is 4. The first-order chi connectivity index (χ1) is 34.5. The van der Waals surface area contributed by atoms with Gasteiger partial charge in [0.05, 0.1) is 37.6 Å². The molecule has 0 atom stereocenters. The third-order valence-electron chi connectivity index (χ3n) is 13.2. The van der Waals surface area contributed by atoms with Gasteiger partial charge in [0.15, 0.2) is 0 Å². The zero-order valence-electron chi connectivity index (χ0n) is 41.8. The van der Waals surface area contributed by atoms with Gasteiger partial charge in [0.2, 0.25) is 0 Å². The van der Waals surface area contributed by atoms with Gasteiger partial charge in [-0.05, 0) is 111 Å².